The van der Waals surface area contributed by atoms with Crippen molar-refractivity contribution < 1.29 is 9.53 Å². The number of ether oxygens (including phenoxy) is 1. The van der Waals surface area contributed by atoms with E-state index in [1.807, 2.05) is 7.05 Å². The second-order valence-electron chi connectivity index (χ2n) is 4.70. The van der Waals surface area contributed by atoms with Gasteiger partial charge in [-0.05, 0) is 25.0 Å². The Hall–Kier alpha value is -1.90. The first-order chi connectivity index (χ1) is 9.72. The lowest BCUT2D eigenvalue weighted by atomic mass is 10.1. The highest BCUT2D eigenvalue weighted by molar-refractivity contribution is 5.92. The van der Waals surface area contributed by atoms with Crippen molar-refractivity contribution in [1.29, 1.82) is 0 Å². The normalized spacial score (nSPS) is 15.3. The van der Waals surface area contributed by atoms with Crippen LogP contribution in [0.5, 0.6) is 0 Å². The Balaban J connectivity index is 2.04. The van der Waals surface area contributed by atoms with E-state index in [4.69, 9.17) is 10.5 Å². The summed E-state index contributed by atoms with van der Waals surface area (Å²) in [5.41, 5.74) is 6.52. The van der Waals surface area contributed by atoms with Crippen molar-refractivity contribution in [2.45, 2.75) is 18.9 Å². The summed E-state index contributed by atoms with van der Waals surface area (Å²) < 4.78 is 5.31. The van der Waals surface area contributed by atoms with Crippen molar-refractivity contribution in [3.8, 4) is 11.8 Å². The molecule has 0 atom stereocenters. The van der Waals surface area contributed by atoms with Crippen LogP contribution < -0.4 is 5.73 Å². The SMILES string of the molecule is CN(C(=O)c1ccc(C#CCN)cn1)C1CCOCC1. The van der Waals surface area contributed by atoms with Crippen LogP contribution in [0.3, 0.4) is 0 Å². The van der Waals surface area contributed by atoms with E-state index in [9.17, 15) is 4.79 Å². The number of hydrogen-bond donors (Lipinski definition) is 1. The summed E-state index contributed by atoms with van der Waals surface area (Å²) in [5.74, 6) is 5.58. The second kappa shape index (κ2) is 7.04. The number of carbonyl (C=O) groups is 1. The van der Waals surface area contributed by atoms with Crippen LogP contribution in [0.25, 0.3) is 0 Å². The first kappa shape index (κ1) is 14.5. The van der Waals surface area contributed by atoms with E-state index in [-0.39, 0.29) is 11.9 Å². The van der Waals surface area contributed by atoms with Crippen LogP contribution in [0.1, 0.15) is 28.9 Å². The molecule has 1 aliphatic heterocycles. The minimum atomic E-state index is -0.0600. The fourth-order valence-electron chi connectivity index (χ4n) is 2.17. The third kappa shape index (κ3) is 3.56. The lowest BCUT2D eigenvalue weighted by Gasteiger charge is -2.30. The first-order valence-electron chi connectivity index (χ1n) is 6.72. The van der Waals surface area contributed by atoms with Crippen molar-refractivity contribution in [3.63, 3.8) is 0 Å². The van der Waals surface area contributed by atoms with Gasteiger partial charge in [-0.15, -0.1) is 0 Å². The molecule has 1 amide bonds. The molecule has 2 N–H and O–H groups in total. The van der Waals surface area contributed by atoms with Gasteiger partial charge in [0.25, 0.3) is 5.91 Å². The maximum absolute atomic E-state index is 12.3. The van der Waals surface area contributed by atoms with Gasteiger partial charge in [0.1, 0.15) is 5.69 Å². The summed E-state index contributed by atoms with van der Waals surface area (Å²) in [6.45, 7) is 1.74. The highest BCUT2D eigenvalue weighted by Crippen LogP contribution is 2.15. The van der Waals surface area contributed by atoms with Crippen LogP contribution in [0.4, 0.5) is 0 Å². The third-order valence-electron chi connectivity index (χ3n) is 3.38. The van der Waals surface area contributed by atoms with Gasteiger partial charge in [-0.2, -0.15) is 0 Å². The molecule has 1 fully saturated rings. The molecule has 1 saturated heterocycles. The van der Waals surface area contributed by atoms with Gasteiger partial charge in [0.2, 0.25) is 0 Å². The molecule has 0 spiro atoms. The number of nitrogens with two attached hydrogens (primary N) is 1. The summed E-state index contributed by atoms with van der Waals surface area (Å²) in [6, 6.07) is 3.73. The zero-order chi connectivity index (χ0) is 14.4. The Labute approximate surface area is 119 Å². The molecule has 2 rings (SSSR count). The van der Waals surface area contributed by atoms with Crippen LogP contribution in [-0.2, 0) is 4.74 Å². The lowest BCUT2D eigenvalue weighted by molar-refractivity contribution is 0.0359. The average molecular weight is 273 g/mol. The van der Waals surface area contributed by atoms with Gasteiger partial charge < -0.3 is 15.4 Å². The molecule has 0 unspecified atom stereocenters. The Morgan fingerprint density at radius 1 is 1.50 bits per heavy atom. The lowest BCUT2D eigenvalue weighted by Crippen LogP contribution is -2.40. The average Bonchev–Trinajstić information content (AvgIpc) is 2.53. The molecule has 0 aliphatic carbocycles. The standard InChI is InChI=1S/C15H19N3O2/c1-18(13-6-9-20-10-7-13)15(19)14-5-4-12(11-17-14)3-2-8-16/h4-5,11,13H,6-10,16H2,1H3. The van der Waals surface area contributed by atoms with E-state index < -0.39 is 0 Å². The summed E-state index contributed by atoms with van der Waals surface area (Å²) in [7, 11) is 1.82. The molecule has 0 saturated carbocycles. The van der Waals surface area contributed by atoms with Gasteiger partial charge in [-0.1, -0.05) is 11.8 Å². The minimum absolute atomic E-state index is 0.0600. The summed E-state index contributed by atoms with van der Waals surface area (Å²) >= 11 is 0. The largest absolute Gasteiger partial charge is 0.381 e. The predicted molar refractivity (Wildman–Crippen MR) is 76.1 cm³/mol. The number of aromatic nitrogens is 1. The molecular formula is C15H19N3O2. The molecule has 0 bridgehead atoms. The van der Waals surface area contributed by atoms with Crippen LogP contribution in [-0.4, -0.2) is 48.6 Å². The van der Waals surface area contributed by atoms with E-state index in [1.54, 1.807) is 23.2 Å². The van der Waals surface area contributed by atoms with Crippen molar-refractivity contribution in [2.24, 2.45) is 5.73 Å². The number of pyridine rings is 1. The highest BCUT2D eigenvalue weighted by Gasteiger charge is 2.23. The molecule has 0 aromatic carbocycles. The summed E-state index contributed by atoms with van der Waals surface area (Å²) in [4.78, 5) is 18.3. The Bertz CT molecular complexity index is 510. The quantitative estimate of drug-likeness (QED) is 0.803. The molecular weight excluding hydrogens is 254 g/mol. The fraction of sp³-hybridized carbons (Fsp3) is 0.467. The van der Waals surface area contributed by atoms with Gasteiger partial charge in [0.15, 0.2) is 0 Å². The van der Waals surface area contributed by atoms with Gasteiger partial charge in [0, 0.05) is 38.1 Å². The molecule has 1 aromatic heterocycles. The molecule has 0 radical (unpaired) electrons. The number of nitrogens with zero attached hydrogens (tertiary/aromatic N) is 2. The Morgan fingerprint density at radius 3 is 2.85 bits per heavy atom. The van der Waals surface area contributed by atoms with Crippen molar-refractivity contribution >= 4 is 5.91 Å². The number of amides is 1. The molecule has 20 heavy (non-hydrogen) atoms. The van der Waals surface area contributed by atoms with E-state index >= 15 is 0 Å². The molecule has 5 heteroatoms. The maximum Gasteiger partial charge on any atom is 0.272 e. The van der Waals surface area contributed by atoms with Crippen molar-refractivity contribution in [3.05, 3.63) is 29.6 Å². The highest BCUT2D eigenvalue weighted by atomic mass is 16.5. The smallest absolute Gasteiger partial charge is 0.272 e. The topological polar surface area (TPSA) is 68.5 Å². The van der Waals surface area contributed by atoms with Gasteiger partial charge in [-0.3, -0.25) is 4.79 Å². The third-order valence-corrected chi connectivity index (χ3v) is 3.38. The summed E-state index contributed by atoms with van der Waals surface area (Å²) in [5, 5.41) is 0. The maximum atomic E-state index is 12.3. The van der Waals surface area contributed by atoms with Gasteiger partial charge >= 0.3 is 0 Å². The van der Waals surface area contributed by atoms with Crippen LogP contribution >= 0.6 is 0 Å². The van der Waals surface area contributed by atoms with Crippen LogP contribution in [0.15, 0.2) is 18.3 Å². The fourth-order valence-corrected chi connectivity index (χ4v) is 2.17. The van der Waals surface area contributed by atoms with E-state index in [0.717, 1.165) is 18.4 Å². The molecule has 5 nitrogen and oxygen atoms in total. The Morgan fingerprint density at radius 2 is 2.25 bits per heavy atom. The van der Waals surface area contributed by atoms with Crippen LogP contribution in [0, 0.1) is 11.8 Å². The van der Waals surface area contributed by atoms with Gasteiger partial charge in [0.05, 0.1) is 6.54 Å². The van der Waals surface area contributed by atoms with Gasteiger partial charge in [-0.25, -0.2) is 4.98 Å². The number of carbonyl (C=O) groups excluding carboxylic acids is 1. The monoisotopic (exact) mass is 273 g/mol. The Kier molecular flexibility index (Phi) is 5.10. The molecule has 1 aliphatic rings. The zero-order valence-corrected chi connectivity index (χ0v) is 11.6. The predicted octanol–water partition coefficient (Wildman–Crippen LogP) is 0.643. The van der Waals surface area contributed by atoms with Crippen molar-refractivity contribution in [1.82, 2.24) is 9.88 Å². The molecule has 1 aromatic rings. The minimum Gasteiger partial charge on any atom is -0.381 e. The van der Waals surface area contributed by atoms with Crippen LogP contribution in [0.2, 0.25) is 0 Å². The van der Waals surface area contributed by atoms with E-state index in [2.05, 4.69) is 16.8 Å². The second-order valence-corrected chi connectivity index (χ2v) is 4.70. The van der Waals surface area contributed by atoms with Crippen molar-refractivity contribution in [2.75, 3.05) is 26.8 Å². The summed E-state index contributed by atoms with van der Waals surface area (Å²) in [6.07, 6.45) is 3.36. The molecule has 106 valence electrons. The van der Waals surface area contributed by atoms with E-state index in [1.165, 1.54) is 0 Å². The van der Waals surface area contributed by atoms with E-state index in [0.29, 0.717) is 25.5 Å². The number of hydrogen-bond acceptors (Lipinski definition) is 4. The number of rotatable bonds is 2. The molecule has 2 heterocycles. The zero-order valence-electron chi connectivity index (χ0n) is 11.6. The first-order valence-corrected chi connectivity index (χ1v) is 6.72.